The maximum absolute atomic E-state index is 12.4. The summed E-state index contributed by atoms with van der Waals surface area (Å²) in [6, 6.07) is 0. The number of halogens is 3. The maximum atomic E-state index is 12.4. The minimum Gasteiger partial charge on any atom is -1.00 e. The minimum absolute atomic E-state index is 0. The Kier molecular flexibility index (Phi) is 29.2. The van der Waals surface area contributed by atoms with E-state index >= 15 is 0 Å². The number of likely N-dealkylation sites (N-methyl/N-ethyl adjacent to an activating group) is 2. The molecule has 0 N–H and O–H groups in total. The summed E-state index contributed by atoms with van der Waals surface area (Å²) in [4.78, 5) is 24.8. The van der Waals surface area contributed by atoms with Gasteiger partial charge in [-0.25, -0.2) is 0 Å². The molecule has 0 fully saturated rings. The average molecular weight is 855 g/mol. The van der Waals surface area contributed by atoms with Crippen molar-refractivity contribution in [2.45, 2.75) is 68.2 Å². The van der Waals surface area contributed by atoms with Gasteiger partial charge in [-0.1, -0.05) is 0 Å². The molecule has 0 aromatic heterocycles. The number of nitrogens with zero attached hydrogens (tertiary/aromatic N) is 3. The summed E-state index contributed by atoms with van der Waals surface area (Å²) in [7, 11) is 0. The summed E-state index contributed by atoms with van der Waals surface area (Å²) in [6.07, 6.45) is 0.787. The molecule has 0 aromatic carbocycles. The Morgan fingerprint density at radius 3 is 0.917 bits per heavy atom. The second kappa shape index (κ2) is 23.9. The average Bonchev–Trinajstić information content (AvgIpc) is 2.85. The van der Waals surface area contributed by atoms with Crippen molar-refractivity contribution in [3.63, 3.8) is 0 Å². The molecule has 0 bridgehead atoms. The molecule has 0 radical (unpaired) electrons. The molecule has 0 amide bonds. The zero-order valence-electron chi connectivity index (χ0n) is 24.4. The third-order valence-corrected chi connectivity index (χ3v) is 8.60. The molecule has 7 nitrogen and oxygen atoms in total. The molecule has 0 aliphatic heterocycles. The van der Waals surface area contributed by atoms with Crippen molar-refractivity contribution < 1.29 is 104 Å². The smallest absolute Gasteiger partial charge is 0.311 e. The van der Waals surface area contributed by atoms with E-state index in [0.29, 0.717) is 39.1 Å². The number of rotatable bonds is 20. The fourth-order valence-corrected chi connectivity index (χ4v) is 4.77. The van der Waals surface area contributed by atoms with Crippen molar-refractivity contribution in [2.24, 2.45) is 0 Å². The van der Waals surface area contributed by atoms with E-state index in [0.717, 1.165) is 78.9 Å². The summed E-state index contributed by atoms with van der Waals surface area (Å²) in [5.41, 5.74) is 0. The van der Waals surface area contributed by atoms with E-state index in [1.807, 2.05) is 0 Å². The summed E-state index contributed by atoms with van der Waals surface area (Å²) >= 11 is 0. The second-order valence-electron chi connectivity index (χ2n) is 9.39. The molecule has 0 aliphatic carbocycles. The molecule has 0 unspecified atom stereocenters. The molecule has 220 valence electrons. The summed E-state index contributed by atoms with van der Waals surface area (Å²) < 4.78 is 13.8. The first-order chi connectivity index (χ1) is 15.7. The van der Waals surface area contributed by atoms with Gasteiger partial charge in [-0.05, 0) is 55.4 Å². The Morgan fingerprint density at radius 1 is 0.444 bits per heavy atom. The number of hydrogen-bond acceptors (Lipinski definition) is 4. The molecule has 0 saturated carbocycles. The lowest BCUT2D eigenvalue weighted by Gasteiger charge is -2.37. The molecule has 0 saturated heterocycles. The summed E-state index contributed by atoms with van der Waals surface area (Å²) in [6.45, 7) is 29.7. The largest absolute Gasteiger partial charge is 1.00 e. The van der Waals surface area contributed by atoms with Crippen LogP contribution in [0.25, 0.3) is 0 Å². The lowest BCUT2D eigenvalue weighted by atomic mass is 10.2. The quantitative estimate of drug-likeness (QED) is 0.0699. The van der Waals surface area contributed by atoms with Crippen LogP contribution in [0, 0.1) is 0 Å². The van der Waals surface area contributed by atoms with Crippen LogP contribution in [0.4, 0.5) is 0 Å². The van der Waals surface area contributed by atoms with E-state index in [9.17, 15) is 9.59 Å². The molecule has 0 aliphatic rings. The Bertz CT molecular complexity index is 496. The van der Waals surface area contributed by atoms with Crippen LogP contribution in [0.2, 0.25) is 0 Å². The summed E-state index contributed by atoms with van der Waals surface area (Å²) in [5, 5.41) is 0. The number of carbonyl (C=O) groups excluding carboxylic acids is 2. The van der Waals surface area contributed by atoms with Gasteiger partial charge >= 0.3 is 11.9 Å². The topological polar surface area (TPSA) is 52.6 Å². The standard InChI is InChI=1S/C26H56N3O4.3HI/c1-9-27(10-2,11-3)21-23-32-25(30)17-19-29(15-7,16-8)20-18-26(31)33-24-22-28(12-4,13-5)14-6;;;/h9-24H2,1-8H3;3*1H/q+3;;;/p-3. The van der Waals surface area contributed by atoms with Gasteiger partial charge < -0.3 is 94.9 Å². The van der Waals surface area contributed by atoms with E-state index in [1.165, 1.54) is 0 Å². The lowest BCUT2D eigenvalue weighted by molar-refractivity contribution is -0.924. The van der Waals surface area contributed by atoms with E-state index in [1.54, 1.807) is 0 Å². The van der Waals surface area contributed by atoms with Crippen LogP contribution in [0.5, 0.6) is 0 Å². The highest BCUT2D eigenvalue weighted by Crippen LogP contribution is 2.12. The van der Waals surface area contributed by atoms with Gasteiger partial charge in [0.25, 0.3) is 0 Å². The van der Waals surface area contributed by atoms with Gasteiger partial charge in [-0.15, -0.1) is 0 Å². The molecule has 10 heteroatoms. The molecule has 0 rings (SSSR count). The predicted molar refractivity (Wildman–Crippen MR) is 136 cm³/mol. The highest BCUT2D eigenvalue weighted by atomic mass is 127. The molecule has 36 heavy (non-hydrogen) atoms. The maximum Gasteiger partial charge on any atom is 0.311 e. The lowest BCUT2D eigenvalue weighted by Crippen LogP contribution is -3.00. The van der Waals surface area contributed by atoms with Crippen LogP contribution in [0.15, 0.2) is 0 Å². The van der Waals surface area contributed by atoms with E-state index in [2.05, 4.69) is 55.4 Å². The third-order valence-electron chi connectivity index (χ3n) is 8.60. The Morgan fingerprint density at radius 2 is 0.694 bits per heavy atom. The van der Waals surface area contributed by atoms with Gasteiger partial charge in [0.1, 0.15) is 26.3 Å². The van der Waals surface area contributed by atoms with Gasteiger partial charge in [0, 0.05) is 0 Å². The van der Waals surface area contributed by atoms with Crippen LogP contribution < -0.4 is 71.9 Å². The highest BCUT2D eigenvalue weighted by molar-refractivity contribution is 5.70. The monoisotopic (exact) mass is 855 g/mol. The fourth-order valence-electron chi connectivity index (χ4n) is 4.77. The van der Waals surface area contributed by atoms with Gasteiger partial charge in [-0.3, -0.25) is 9.59 Å². The number of hydrogen-bond donors (Lipinski definition) is 0. The second-order valence-corrected chi connectivity index (χ2v) is 9.39. The molecular weight excluding hydrogens is 799 g/mol. The fraction of sp³-hybridized carbons (Fsp3) is 0.923. The van der Waals surface area contributed by atoms with Gasteiger partial charge in [-0.2, -0.15) is 0 Å². The van der Waals surface area contributed by atoms with Gasteiger partial charge in [0.05, 0.1) is 78.3 Å². The van der Waals surface area contributed by atoms with Crippen molar-refractivity contribution in [1.82, 2.24) is 0 Å². The van der Waals surface area contributed by atoms with Crippen LogP contribution >= 0.6 is 0 Å². The van der Waals surface area contributed by atoms with Crippen LogP contribution in [-0.4, -0.2) is 117 Å². The van der Waals surface area contributed by atoms with Crippen molar-refractivity contribution in [2.75, 3.05) is 91.8 Å². The van der Waals surface area contributed by atoms with E-state index in [-0.39, 0.29) is 83.9 Å². The Balaban J connectivity index is -0.00000171. The van der Waals surface area contributed by atoms with E-state index < -0.39 is 0 Å². The molecular formula is C26H56I3N3O4. The number of quaternary nitrogens is 3. The SMILES string of the molecule is CC[N+](CC)(CC)CCOC(=O)CC[N+](CC)(CC)CCC(=O)OCC[N+](CC)(CC)CC.[I-].[I-].[I-]. The Hall–Kier alpha value is 1.01. The molecule has 0 aromatic rings. The predicted octanol–water partition coefficient (Wildman–Crippen LogP) is -5.53. The number of ether oxygens (including phenoxy) is 2. The number of esters is 2. The van der Waals surface area contributed by atoms with Crippen LogP contribution in [0.3, 0.4) is 0 Å². The van der Waals surface area contributed by atoms with Crippen molar-refractivity contribution >= 4 is 11.9 Å². The normalized spacial score (nSPS) is 11.6. The first-order valence-electron chi connectivity index (χ1n) is 13.6. The minimum atomic E-state index is -0.129. The van der Waals surface area contributed by atoms with Crippen molar-refractivity contribution in [1.29, 1.82) is 0 Å². The molecule has 0 heterocycles. The zero-order valence-corrected chi connectivity index (χ0v) is 30.9. The van der Waals surface area contributed by atoms with Crippen LogP contribution in [0.1, 0.15) is 68.2 Å². The first kappa shape index (κ1) is 44.0. The van der Waals surface area contributed by atoms with Crippen LogP contribution in [-0.2, 0) is 19.1 Å². The molecule has 0 spiro atoms. The highest BCUT2D eigenvalue weighted by Gasteiger charge is 2.27. The van der Waals surface area contributed by atoms with Crippen molar-refractivity contribution in [3.05, 3.63) is 0 Å². The van der Waals surface area contributed by atoms with E-state index in [4.69, 9.17) is 9.47 Å². The summed E-state index contributed by atoms with van der Waals surface area (Å²) in [5.74, 6) is -0.257. The van der Waals surface area contributed by atoms with Crippen molar-refractivity contribution in [3.8, 4) is 0 Å². The molecule has 0 atom stereocenters. The Labute approximate surface area is 274 Å². The third kappa shape index (κ3) is 15.6. The zero-order chi connectivity index (χ0) is 25.4. The van der Waals surface area contributed by atoms with Gasteiger partial charge in [0.2, 0.25) is 0 Å². The number of carbonyl (C=O) groups is 2. The van der Waals surface area contributed by atoms with Gasteiger partial charge in [0.15, 0.2) is 0 Å². The first-order valence-corrected chi connectivity index (χ1v) is 13.6.